The number of hydrogen-bond donors (Lipinski definition) is 1. The number of thioether (sulfide) groups is 1. The van der Waals surface area contributed by atoms with E-state index in [2.05, 4.69) is 20.5 Å². The summed E-state index contributed by atoms with van der Waals surface area (Å²) in [6.07, 6.45) is 3.42. The molecule has 2 atom stereocenters. The predicted molar refractivity (Wildman–Crippen MR) is 128 cm³/mol. The molecular weight excluding hydrogens is 442 g/mol. The third-order valence-electron chi connectivity index (χ3n) is 4.97. The number of benzene rings is 2. The molecule has 4 rings (SSSR count). The van der Waals surface area contributed by atoms with E-state index in [1.54, 1.807) is 12.4 Å². The summed E-state index contributed by atoms with van der Waals surface area (Å²) in [6, 6.07) is 21.0. The van der Waals surface area contributed by atoms with Gasteiger partial charge in [0.2, 0.25) is 5.91 Å². The fraction of sp³-hybridized carbons (Fsp3) is 0.167. The molecule has 0 spiro atoms. The van der Waals surface area contributed by atoms with Crippen LogP contribution in [0.2, 0.25) is 5.02 Å². The molecule has 2 unspecified atom stereocenters. The summed E-state index contributed by atoms with van der Waals surface area (Å²) in [6.45, 7) is 3.84. The first-order valence-electron chi connectivity index (χ1n) is 10.2. The molecule has 0 saturated heterocycles. The summed E-state index contributed by atoms with van der Waals surface area (Å²) >= 11 is 7.45. The average molecular weight is 464 g/mol. The predicted octanol–water partition coefficient (Wildman–Crippen LogP) is 5.34. The van der Waals surface area contributed by atoms with Crippen LogP contribution in [0.1, 0.15) is 25.5 Å². The number of rotatable bonds is 7. The fourth-order valence-electron chi connectivity index (χ4n) is 3.22. The van der Waals surface area contributed by atoms with E-state index in [4.69, 9.17) is 11.6 Å². The van der Waals surface area contributed by atoms with Crippen molar-refractivity contribution in [3.05, 3.63) is 89.7 Å². The SMILES string of the molecule is CC(Sc1nnc(-c2ccncc2)n1-c1ccc(Cl)cc1)C(=O)NC(C)c1ccccc1. The zero-order valence-electron chi connectivity index (χ0n) is 17.6. The summed E-state index contributed by atoms with van der Waals surface area (Å²) in [4.78, 5) is 17.0. The van der Waals surface area contributed by atoms with Gasteiger partial charge in [0.15, 0.2) is 11.0 Å². The molecule has 1 amide bonds. The summed E-state index contributed by atoms with van der Waals surface area (Å²) < 4.78 is 1.93. The van der Waals surface area contributed by atoms with Crippen LogP contribution in [-0.2, 0) is 4.79 Å². The van der Waals surface area contributed by atoms with Crippen molar-refractivity contribution in [2.45, 2.75) is 30.3 Å². The molecule has 2 heterocycles. The number of aromatic nitrogens is 4. The van der Waals surface area contributed by atoms with Crippen molar-refractivity contribution in [2.75, 3.05) is 0 Å². The Hall–Kier alpha value is -3.16. The third-order valence-corrected chi connectivity index (χ3v) is 6.26. The highest BCUT2D eigenvalue weighted by molar-refractivity contribution is 8.00. The molecule has 0 bridgehead atoms. The maximum absolute atomic E-state index is 12.9. The van der Waals surface area contributed by atoms with Gasteiger partial charge in [0.05, 0.1) is 11.3 Å². The summed E-state index contributed by atoms with van der Waals surface area (Å²) in [5.41, 5.74) is 2.80. The lowest BCUT2D eigenvalue weighted by atomic mass is 10.1. The highest BCUT2D eigenvalue weighted by Gasteiger charge is 2.23. The van der Waals surface area contributed by atoms with Crippen molar-refractivity contribution in [3.8, 4) is 17.1 Å². The van der Waals surface area contributed by atoms with Gasteiger partial charge in [-0.25, -0.2) is 0 Å². The minimum Gasteiger partial charge on any atom is -0.349 e. The first-order valence-corrected chi connectivity index (χ1v) is 11.4. The largest absolute Gasteiger partial charge is 0.349 e. The number of carbonyl (C=O) groups is 1. The van der Waals surface area contributed by atoms with Gasteiger partial charge in [0.25, 0.3) is 0 Å². The Bertz CT molecular complexity index is 1180. The van der Waals surface area contributed by atoms with Gasteiger partial charge in [-0.05, 0) is 55.8 Å². The maximum Gasteiger partial charge on any atom is 0.233 e. The maximum atomic E-state index is 12.9. The van der Waals surface area contributed by atoms with E-state index in [9.17, 15) is 4.79 Å². The van der Waals surface area contributed by atoms with E-state index in [0.29, 0.717) is 16.0 Å². The number of carbonyl (C=O) groups excluding carboxylic acids is 1. The lowest BCUT2D eigenvalue weighted by Crippen LogP contribution is -2.33. The second-order valence-electron chi connectivity index (χ2n) is 7.25. The van der Waals surface area contributed by atoms with Crippen molar-refractivity contribution < 1.29 is 4.79 Å². The van der Waals surface area contributed by atoms with Gasteiger partial charge in [0.1, 0.15) is 0 Å². The third kappa shape index (κ3) is 5.00. The van der Waals surface area contributed by atoms with Crippen LogP contribution in [-0.4, -0.2) is 30.9 Å². The first-order chi connectivity index (χ1) is 15.5. The molecule has 2 aromatic heterocycles. The minimum absolute atomic E-state index is 0.0672. The standard InChI is InChI=1S/C24H22ClN5OS/c1-16(18-6-4-3-5-7-18)27-23(31)17(2)32-24-29-28-22(19-12-14-26-15-13-19)30(24)21-10-8-20(25)9-11-21/h3-17H,1-2H3,(H,27,31). The molecule has 0 fully saturated rings. The Kier molecular flexibility index (Phi) is 6.87. The lowest BCUT2D eigenvalue weighted by Gasteiger charge is -2.18. The van der Waals surface area contributed by atoms with Crippen LogP contribution >= 0.6 is 23.4 Å². The molecule has 6 nitrogen and oxygen atoms in total. The van der Waals surface area contributed by atoms with Crippen LogP contribution in [0.4, 0.5) is 0 Å². The molecule has 162 valence electrons. The fourth-order valence-corrected chi connectivity index (χ4v) is 4.23. The van der Waals surface area contributed by atoms with E-state index in [-0.39, 0.29) is 17.2 Å². The summed E-state index contributed by atoms with van der Waals surface area (Å²) in [7, 11) is 0. The number of halogens is 1. The monoisotopic (exact) mass is 463 g/mol. The van der Waals surface area contributed by atoms with Gasteiger partial charge in [0, 0.05) is 28.7 Å². The molecule has 0 saturated carbocycles. The lowest BCUT2D eigenvalue weighted by molar-refractivity contribution is -0.120. The molecule has 32 heavy (non-hydrogen) atoms. The molecular formula is C24H22ClN5OS. The topological polar surface area (TPSA) is 72.7 Å². The van der Waals surface area contributed by atoms with Gasteiger partial charge in [-0.1, -0.05) is 53.7 Å². The van der Waals surface area contributed by atoms with Crippen LogP contribution in [0.3, 0.4) is 0 Å². The number of hydrogen-bond acceptors (Lipinski definition) is 5. The number of amides is 1. The van der Waals surface area contributed by atoms with Gasteiger partial charge in [-0.3, -0.25) is 14.3 Å². The number of pyridine rings is 1. The molecule has 0 aliphatic carbocycles. The average Bonchev–Trinajstić information content (AvgIpc) is 3.24. The number of nitrogens with one attached hydrogen (secondary N) is 1. The molecule has 0 radical (unpaired) electrons. The van der Waals surface area contributed by atoms with Crippen molar-refractivity contribution in [1.82, 2.24) is 25.1 Å². The molecule has 8 heteroatoms. The van der Waals surface area contributed by atoms with Crippen molar-refractivity contribution in [3.63, 3.8) is 0 Å². The molecule has 1 N–H and O–H groups in total. The van der Waals surface area contributed by atoms with Crippen LogP contribution in [0, 0.1) is 0 Å². The second-order valence-corrected chi connectivity index (χ2v) is 9.00. The Morgan fingerprint density at radius 3 is 2.34 bits per heavy atom. The van der Waals surface area contributed by atoms with Crippen LogP contribution in [0.25, 0.3) is 17.1 Å². The van der Waals surface area contributed by atoms with Crippen LogP contribution in [0.5, 0.6) is 0 Å². The Morgan fingerprint density at radius 1 is 0.969 bits per heavy atom. The van der Waals surface area contributed by atoms with E-state index in [0.717, 1.165) is 16.8 Å². The van der Waals surface area contributed by atoms with E-state index in [1.165, 1.54) is 11.8 Å². The van der Waals surface area contributed by atoms with E-state index < -0.39 is 0 Å². The Labute approximate surface area is 196 Å². The quantitative estimate of drug-likeness (QED) is 0.374. The molecule has 0 aliphatic heterocycles. The second kappa shape index (κ2) is 9.97. The van der Waals surface area contributed by atoms with Crippen molar-refractivity contribution in [1.29, 1.82) is 0 Å². The number of nitrogens with zero attached hydrogens (tertiary/aromatic N) is 4. The normalized spacial score (nSPS) is 12.8. The van der Waals surface area contributed by atoms with Crippen LogP contribution < -0.4 is 5.32 Å². The Morgan fingerprint density at radius 2 is 1.66 bits per heavy atom. The summed E-state index contributed by atoms with van der Waals surface area (Å²) in [5.74, 6) is 0.602. The molecule has 2 aromatic carbocycles. The van der Waals surface area contributed by atoms with Gasteiger partial charge >= 0.3 is 0 Å². The summed E-state index contributed by atoms with van der Waals surface area (Å²) in [5, 5.41) is 12.8. The zero-order valence-corrected chi connectivity index (χ0v) is 19.2. The van der Waals surface area contributed by atoms with Gasteiger partial charge < -0.3 is 5.32 Å². The zero-order chi connectivity index (χ0) is 22.5. The molecule has 0 aliphatic rings. The Balaban J connectivity index is 1.60. The van der Waals surface area contributed by atoms with Crippen molar-refractivity contribution in [2.24, 2.45) is 0 Å². The first kappa shape index (κ1) is 22.0. The highest BCUT2D eigenvalue weighted by atomic mass is 35.5. The van der Waals surface area contributed by atoms with Crippen LogP contribution in [0.15, 0.2) is 84.3 Å². The minimum atomic E-state index is -0.373. The smallest absolute Gasteiger partial charge is 0.233 e. The van der Waals surface area contributed by atoms with Gasteiger partial charge in [-0.2, -0.15) is 0 Å². The van der Waals surface area contributed by atoms with E-state index in [1.807, 2.05) is 85.1 Å². The van der Waals surface area contributed by atoms with Crippen molar-refractivity contribution >= 4 is 29.3 Å². The highest BCUT2D eigenvalue weighted by Crippen LogP contribution is 2.30. The molecule has 4 aromatic rings. The van der Waals surface area contributed by atoms with Gasteiger partial charge in [-0.15, -0.1) is 10.2 Å². The van der Waals surface area contributed by atoms with E-state index >= 15 is 0 Å².